The molecule has 0 atom stereocenters. The molecule has 1 aliphatic rings. The molecule has 16 heavy (non-hydrogen) atoms. The van der Waals surface area contributed by atoms with Crippen molar-refractivity contribution in [1.82, 2.24) is 9.88 Å². The van der Waals surface area contributed by atoms with Crippen LogP contribution in [-0.2, 0) is 6.54 Å². The second-order valence-corrected chi connectivity index (χ2v) is 4.11. The van der Waals surface area contributed by atoms with E-state index in [1.807, 2.05) is 19.2 Å². The minimum absolute atomic E-state index is 0. The summed E-state index contributed by atoms with van der Waals surface area (Å²) in [7, 11) is 0. The van der Waals surface area contributed by atoms with Crippen LogP contribution >= 0.6 is 12.4 Å². The van der Waals surface area contributed by atoms with Gasteiger partial charge in [-0.05, 0) is 44.3 Å². The van der Waals surface area contributed by atoms with Gasteiger partial charge in [0.25, 0.3) is 5.56 Å². The average Bonchev–Trinajstić information content (AvgIpc) is 2.31. The summed E-state index contributed by atoms with van der Waals surface area (Å²) in [5, 5.41) is 3.36. The van der Waals surface area contributed by atoms with E-state index >= 15 is 0 Å². The molecule has 1 aromatic heterocycles. The van der Waals surface area contributed by atoms with Gasteiger partial charge in [0.2, 0.25) is 0 Å². The summed E-state index contributed by atoms with van der Waals surface area (Å²) in [6.45, 7) is 4.96. The Hall–Kier alpha value is -0.800. The summed E-state index contributed by atoms with van der Waals surface area (Å²) in [6.07, 6.45) is 4.39. The normalized spacial score (nSPS) is 16.8. The van der Waals surface area contributed by atoms with Crippen molar-refractivity contribution >= 4 is 12.4 Å². The molecule has 0 radical (unpaired) electrons. The highest BCUT2D eigenvalue weighted by Gasteiger charge is 2.15. The number of piperidine rings is 1. The number of aryl methyl sites for hydroxylation is 1. The molecular formula is C12H19ClN2O. The van der Waals surface area contributed by atoms with Gasteiger partial charge in [-0.25, -0.2) is 0 Å². The lowest BCUT2D eigenvalue weighted by molar-refractivity contribution is 0.457. The van der Waals surface area contributed by atoms with Crippen molar-refractivity contribution in [1.29, 1.82) is 0 Å². The van der Waals surface area contributed by atoms with E-state index in [-0.39, 0.29) is 18.0 Å². The minimum Gasteiger partial charge on any atom is -0.317 e. The second-order valence-electron chi connectivity index (χ2n) is 4.11. The Morgan fingerprint density at radius 2 is 2.06 bits per heavy atom. The smallest absolute Gasteiger partial charge is 0.250 e. The topological polar surface area (TPSA) is 34.0 Å². The van der Waals surface area contributed by atoms with Crippen LogP contribution in [0.15, 0.2) is 23.1 Å². The second kappa shape index (κ2) is 6.06. The zero-order valence-corrected chi connectivity index (χ0v) is 10.4. The lowest BCUT2D eigenvalue weighted by atomic mass is 9.91. The van der Waals surface area contributed by atoms with E-state index in [0.29, 0.717) is 5.92 Å². The maximum Gasteiger partial charge on any atom is 0.250 e. The third kappa shape index (κ3) is 2.86. The molecule has 0 amide bonds. The van der Waals surface area contributed by atoms with Crippen molar-refractivity contribution in [2.45, 2.75) is 32.2 Å². The van der Waals surface area contributed by atoms with Gasteiger partial charge in [0, 0.05) is 18.8 Å². The molecule has 4 heteroatoms. The molecule has 2 rings (SSSR count). The summed E-state index contributed by atoms with van der Waals surface area (Å²) in [5.41, 5.74) is 1.42. The maximum absolute atomic E-state index is 11.4. The van der Waals surface area contributed by atoms with Crippen LogP contribution in [-0.4, -0.2) is 17.7 Å². The highest BCUT2D eigenvalue weighted by Crippen LogP contribution is 2.23. The van der Waals surface area contributed by atoms with Gasteiger partial charge >= 0.3 is 0 Å². The number of aromatic nitrogens is 1. The van der Waals surface area contributed by atoms with E-state index in [4.69, 9.17) is 0 Å². The predicted octanol–water partition coefficient (Wildman–Crippen LogP) is 1.76. The van der Waals surface area contributed by atoms with Crippen LogP contribution in [0.1, 0.15) is 31.2 Å². The van der Waals surface area contributed by atoms with E-state index in [1.54, 1.807) is 10.6 Å². The quantitative estimate of drug-likeness (QED) is 0.858. The molecule has 3 nitrogen and oxygen atoms in total. The molecule has 0 bridgehead atoms. The molecule has 0 spiro atoms. The molecule has 1 N–H and O–H groups in total. The standard InChI is InChI=1S/C12H18N2O.ClH/c1-2-14-9-11(3-4-12(14)15)10-5-7-13-8-6-10;/h3-4,9-10,13H,2,5-8H2,1H3;1H. The third-order valence-corrected chi connectivity index (χ3v) is 3.16. The lowest BCUT2D eigenvalue weighted by Crippen LogP contribution is -2.27. The Kier molecular flexibility index (Phi) is 5.03. The first-order valence-electron chi connectivity index (χ1n) is 5.72. The largest absolute Gasteiger partial charge is 0.317 e. The Balaban J connectivity index is 0.00000128. The van der Waals surface area contributed by atoms with Crippen LogP contribution in [0.4, 0.5) is 0 Å². The van der Waals surface area contributed by atoms with E-state index in [9.17, 15) is 4.79 Å². The van der Waals surface area contributed by atoms with Crippen LogP contribution in [0.25, 0.3) is 0 Å². The Labute approximate surface area is 102 Å². The first-order chi connectivity index (χ1) is 7.31. The van der Waals surface area contributed by atoms with Gasteiger partial charge in [0.1, 0.15) is 0 Å². The van der Waals surface area contributed by atoms with Crippen LogP contribution < -0.4 is 10.9 Å². The minimum atomic E-state index is 0. The number of rotatable bonds is 2. The van der Waals surface area contributed by atoms with Crippen LogP contribution in [0, 0.1) is 0 Å². The van der Waals surface area contributed by atoms with Crippen molar-refractivity contribution in [3.05, 3.63) is 34.2 Å². The summed E-state index contributed by atoms with van der Waals surface area (Å²) in [5.74, 6) is 0.629. The molecule has 0 saturated carbocycles. The van der Waals surface area contributed by atoms with Gasteiger partial charge in [-0.2, -0.15) is 0 Å². The monoisotopic (exact) mass is 242 g/mol. The summed E-state index contributed by atoms with van der Waals surface area (Å²) in [6, 6.07) is 3.69. The van der Waals surface area contributed by atoms with Crippen molar-refractivity contribution in [2.75, 3.05) is 13.1 Å². The molecule has 1 fully saturated rings. The van der Waals surface area contributed by atoms with Gasteiger partial charge in [-0.3, -0.25) is 4.79 Å². The van der Waals surface area contributed by atoms with Gasteiger partial charge in [-0.1, -0.05) is 6.07 Å². The summed E-state index contributed by atoms with van der Waals surface area (Å²) >= 11 is 0. The average molecular weight is 243 g/mol. The Morgan fingerprint density at radius 1 is 1.38 bits per heavy atom. The summed E-state index contributed by atoms with van der Waals surface area (Å²) < 4.78 is 1.79. The number of hydrogen-bond acceptors (Lipinski definition) is 2. The lowest BCUT2D eigenvalue weighted by Gasteiger charge is -2.23. The fourth-order valence-corrected chi connectivity index (χ4v) is 2.19. The molecule has 1 saturated heterocycles. The molecule has 1 aromatic rings. The highest BCUT2D eigenvalue weighted by molar-refractivity contribution is 5.85. The van der Waals surface area contributed by atoms with E-state index in [0.717, 1.165) is 19.6 Å². The molecule has 0 unspecified atom stereocenters. The van der Waals surface area contributed by atoms with Crippen molar-refractivity contribution in [3.63, 3.8) is 0 Å². The SMILES string of the molecule is CCn1cc(C2CCNCC2)ccc1=O.Cl. The number of nitrogens with zero attached hydrogens (tertiary/aromatic N) is 1. The molecular weight excluding hydrogens is 224 g/mol. The number of hydrogen-bond donors (Lipinski definition) is 1. The molecule has 2 heterocycles. The third-order valence-electron chi connectivity index (χ3n) is 3.16. The van der Waals surface area contributed by atoms with Crippen LogP contribution in [0.2, 0.25) is 0 Å². The van der Waals surface area contributed by atoms with E-state index in [1.165, 1.54) is 18.4 Å². The fraction of sp³-hybridized carbons (Fsp3) is 0.583. The Bertz CT molecular complexity index is 383. The predicted molar refractivity (Wildman–Crippen MR) is 68.5 cm³/mol. The molecule has 90 valence electrons. The van der Waals surface area contributed by atoms with E-state index in [2.05, 4.69) is 5.32 Å². The molecule has 0 aromatic carbocycles. The first kappa shape index (κ1) is 13.3. The zero-order chi connectivity index (χ0) is 10.7. The number of halogens is 1. The maximum atomic E-state index is 11.4. The molecule has 1 aliphatic heterocycles. The number of nitrogens with one attached hydrogen (secondary N) is 1. The van der Waals surface area contributed by atoms with Gasteiger partial charge < -0.3 is 9.88 Å². The van der Waals surface area contributed by atoms with Crippen LogP contribution in [0.3, 0.4) is 0 Å². The first-order valence-corrected chi connectivity index (χ1v) is 5.72. The zero-order valence-electron chi connectivity index (χ0n) is 9.61. The van der Waals surface area contributed by atoms with Crippen molar-refractivity contribution < 1.29 is 0 Å². The summed E-state index contributed by atoms with van der Waals surface area (Å²) in [4.78, 5) is 11.4. The van der Waals surface area contributed by atoms with Gasteiger partial charge in [0.15, 0.2) is 0 Å². The van der Waals surface area contributed by atoms with E-state index < -0.39 is 0 Å². The van der Waals surface area contributed by atoms with Crippen molar-refractivity contribution in [2.24, 2.45) is 0 Å². The Morgan fingerprint density at radius 3 is 2.69 bits per heavy atom. The fourth-order valence-electron chi connectivity index (χ4n) is 2.19. The van der Waals surface area contributed by atoms with Gasteiger partial charge in [0.05, 0.1) is 0 Å². The van der Waals surface area contributed by atoms with Crippen molar-refractivity contribution in [3.8, 4) is 0 Å². The molecule has 0 aliphatic carbocycles. The van der Waals surface area contributed by atoms with Crippen LogP contribution in [0.5, 0.6) is 0 Å². The van der Waals surface area contributed by atoms with Gasteiger partial charge in [-0.15, -0.1) is 12.4 Å². The highest BCUT2D eigenvalue weighted by atomic mass is 35.5. The number of pyridine rings is 1.